The van der Waals surface area contributed by atoms with Crippen molar-refractivity contribution in [3.8, 4) is 0 Å². The fraction of sp³-hybridized carbons (Fsp3) is 0.950. The Bertz CT molecular complexity index is 204. The number of hydrogen-bond acceptors (Lipinski definition) is 3. The molecule has 0 aromatic rings. The molecule has 0 aromatic carbocycles. The van der Waals surface area contributed by atoms with Gasteiger partial charge in [-0.05, 0) is 13.0 Å². The monoisotopic (exact) mass is 346 g/mol. The number of rotatable bonds is 16. The summed E-state index contributed by atoms with van der Waals surface area (Å²) in [4.78, 5) is 9.00. The van der Waals surface area contributed by atoms with E-state index in [0.29, 0.717) is 0 Å². The summed E-state index contributed by atoms with van der Waals surface area (Å²) in [6, 6.07) is 0. The highest BCUT2D eigenvalue weighted by atomic mass is 16.4. The van der Waals surface area contributed by atoms with Gasteiger partial charge in [-0.15, -0.1) is 0 Å². The molecule has 6 N–H and O–H groups in total. The fourth-order valence-corrected chi connectivity index (χ4v) is 2.69. The Labute approximate surface area is 151 Å². The maximum Gasteiger partial charge on any atom is 0.300 e. The number of carboxylic acid groups (broad SMARTS) is 1. The van der Waals surface area contributed by atoms with E-state index in [0.717, 1.165) is 13.5 Å². The summed E-state index contributed by atoms with van der Waals surface area (Å²) >= 11 is 0. The first-order chi connectivity index (χ1) is 11.1. The maximum atomic E-state index is 9.00. The largest absolute Gasteiger partial charge is 0.481 e. The van der Waals surface area contributed by atoms with Crippen molar-refractivity contribution in [2.24, 2.45) is 5.73 Å². The maximum absolute atomic E-state index is 9.00. The molecule has 148 valence electrons. The summed E-state index contributed by atoms with van der Waals surface area (Å²) in [5, 5.41) is 7.42. The van der Waals surface area contributed by atoms with E-state index >= 15 is 0 Å². The van der Waals surface area contributed by atoms with E-state index in [-0.39, 0.29) is 6.15 Å². The van der Waals surface area contributed by atoms with Crippen LogP contribution in [0.15, 0.2) is 0 Å². The van der Waals surface area contributed by atoms with Crippen molar-refractivity contribution in [1.29, 1.82) is 0 Å². The average Bonchev–Trinajstić information content (AvgIpc) is 2.50. The summed E-state index contributed by atoms with van der Waals surface area (Å²) in [5.41, 5.74) is 5.48. The molecule has 0 bridgehead atoms. The molecule has 0 saturated heterocycles. The lowest BCUT2D eigenvalue weighted by molar-refractivity contribution is -0.134. The molecule has 0 spiro atoms. The van der Waals surface area contributed by atoms with Crippen LogP contribution in [0.2, 0.25) is 0 Å². The number of aliphatic carboxylic acids is 1. The molecule has 0 saturated carbocycles. The van der Waals surface area contributed by atoms with Gasteiger partial charge in [0.15, 0.2) is 0 Å². The van der Waals surface area contributed by atoms with Crippen molar-refractivity contribution in [3.63, 3.8) is 0 Å². The van der Waals surface area contributed by atoms with Gasteiger partial charge in [-0.25, -0.2) is 0 Å². The lowest BCUT2D eigenvalue weighted by atomic mass is 10.0. The van der Waals surface area contributed by atoms with Crippen molar-refractivity contribution < 1.29 is 9.90 Å². The number of carboxylic acids is 1. The first-order valence-corrected chi connectivity index (χ1v) is 10.0. The van der Waals surface area contributed by atoms with E-state index in [1.807, 2.05) is 0 Å². The number of hydrogen-bond donors (Lipinski definition) is 3. The molecule has 0 aliphatic carbocycles. The van der Waals surface area contributed by atoms with E-state index in [2.05, 4.69) is 6.92 Å². The number of carbonyl (C=O) groups is 1. The molecule has 4 heteroatoms. The minimum absolute atomic E-state index is 0. The molecule has 0 aliphatic rings. The standard InChI is InChI=1S/C18H39N.C2H4O2.H3N/c1-2-3-4-5-6-7-8-9-10-11-12-13-14-15-16-17-18-19;1-2(3)4;/h2-19H2,1H3;1H3,(H,3,4);1H3. The second-order valence-electron chi connectivity index (χ2n) is 6.61. The molecule has 4 nitrogen and oxygen atoms in total. The van der Waals surface area contributed by atoms with Crippen LogP contribution in [0.3, 0.4) is 0 Å². The van der Waals surface area contributed by atoms with Gasteiger partial charge in [0.25, 0.3) is 5.97 Å². The van der Waals surface area contributed by atoms with Gasteiger partial charge in [-0.3, -0.25) is 4.79 Å². The van der Waals surface area contributed by atoms with E-state index in [1.54, 1.807) is 0 Å². The zero-order valence-electron chi connectivity index (χ0n) is 16.7. The van der Waals surface area contributed by atoms with Gasteiger partial charge in [-0.1, -0.05) is 103 Å². The van der Waals surface area contributed by atoms with Crippen LogP contribution in [-0.2, 0) is 4.79 Å². The summed E-state index contributed by atoms with van der Waals surface area (Å²) in [6.07, 6.45) is 22.9. The Kier molecular flexibility index (Phi) is 32.0. The Morgan fingerprint density at radius 2 is 0.875 bits per heavy atom. The van der Waals surface area contributed by atoms with Crippen LogP contribution in [0.25, 0.3) is 0 Å². The first-order valence-electron chi connectivity index (χ1n) is 10.0. The Morgan fingerprint density at radius 1 is 0.667 bits per heavy atom. The molecule has 0 aliphatic heterocycles. The second-order valence-corrected chi connectivity index (χ2v) is 6.61. The minimum Gasteiger partial charge on any atom is -0.481 e. The molecule has 0 atom stereocenters. The summed E-state index contributed by atoms with van der Waals surface area (Å²) < 4.78 is 0. The molecule has 0 amide bonds. The fourth-order valence-electron chi connectivity index (χ4n) is 2.69. The molecule has 0 unspecified atom stereocenters. The van der Waals surface area contributed by atoms with Crippen molar-refractivity contribution in [3.05, 3.63) is 0 Å². The average molecular weight is 347 g/mol. The lowest BCUT2D eigenvalue weighted by Gasteiger charge is -2.03. The van der Waals surface area contributed by atoms with Crippen LogP contribution < -0.4 is 11.9 Å². The van der Waals surface area contributed by atoms with Crippen LogP contribution in [0, 0.1) is 0 Å². The third-order valence-corrected chi connectivity index (χ3v) is 4.06. The van der Waals surface area contributed by atoms with Crippen LogP contribution >= 0.6 is 0 Å². The minimum atomic E-state index is -0.833. The third-order valence-electron chi connectivity index (χ3n) is 4.06. The normalized spacial score (nSPS) is 9.79. The Hall–Kier alpha value is -0.610. The molecular formula is C20H46N2O2. The summed E-state index contributed by atoms with van der Waals surface area (Å²) in [7, 11) is 0. The molecule has 0 fully saturated rings. The van der Waals surface area contributed by atoms with Crippen LogP contribution in [0.4, 0.5) is 0 Å². The SMILES string of the molecule is CC(=O)O.CCCCCCCCCCCCCCCCCCN.N. The molecule has 0 rings (SSSR count). The van der Waals surface area contributed by atoms with Crippen molar-refractivity contribution in [2.45, 2.75) is 117 Å². The van der Waals surface area contributed by atoms with Gasteiger partial charge in [0.05, 0.1) is 0 Å². The van der Waals surface area contributed by atoms with Crippen molar-refractivity contribution in [1.82, 2.24) is 6.15 Å². The predicted molar refractivity (Wildman–Crippen MR) is 107 cm³/mol. The van der Waals surface area contributed by atoms with Crippen LogP contribution in [0.1, 0.15) is 117 Å². The highest BCUT2D eigenvalue weighted by Gasteiger charge is 1.94. The first kappa shape index (κ1) is 28.2. The quantitative estimate of drug-likeness (QED) is 0.279. The van der Waals surface area contributed by atoms with E-state index in [4.69, 9.17) is 15.6 Å². The van der Waals surface area contributed by atoms with Crippen LogP contribution in [0.5, 0.6) is 0 Å². The van der Waals surface area contributed by atoms with Gasteiger partial charge in [0.2, 0.25) is 0 Å². The van der Waals surface area contributed by atoms with Crippen molar-refractivity contribution in [2.75, 3.05) is 6.54 Å². The van der Waals surface area contributed by atoms with Crippen molar-refractivity contribution >= 4 is 5.97 Å². The van der Waals surface area contributed by atoms with E-state index in [9.17, 15) is 0 Å². The van der Waals surface area contributed by atoms with E-state index < -0.39 is 5.97 Å². The number of nitrogens with two attached hydrogens (primary N) is 1. The van der Waals surface area contributed by atoms with Crippen LogP contribution in [-0.4, -0.2) is 17.6 Å². The molecular weight excluding hydrogens is 300 g/mol. The summed E-state index contributed by atoms with van der Waals surface area (Å²) in [5.74, 6) is -0.833. The molecule has 0 heterocycles. The molecule has 24 heavy (non-hydrogen) atoms. The zero-order chi connectivity index (χ0) is 17.6. The van der Waals surface area contributed by atoms with E-state index in [1.165, 1.54) is 103 Å². The molecule has 0 aromatic heterocycles. The Balaban J connectivity index is -0.000000787. The highest BCUT2D eigenvalue weighted by Crippen LogP contribution is 2.13. The molecule has 0 radical (unpaired) electrons. The highest BCUT2D eigenvalue weighted by molar-refractivity contribution is 5.62. The van der Waals surface area contributed by atoms with Gasteiger partial charge in [0.1, 0.15) is 0 Å². The topological polar surface area (TPSA) is 98.3 Å². The van der Waals surface area contributed by atoms with Gasteiger partial charge in [0, 0.05) is 6.92 Å². The Morgan fingerprint density at radius 3 is 1.08 bits per heavy atom. The lowest BCUT2D eigenvalue weighted by Crippen LogP contribution is -1.97. The van der Waals surface area contributed by atoms with Gasteiger partial charge < -0.3 is 17.0 Å². The van der Waals surface area contributed by atoms with Gasteiger partial charge in [-0.2, -0.15) is 0 Å². The predicted octanol–water partition coefficient (Wildman–Crippen LogP) is 6.46. The number of unbranched alkanes of at least 4 members (excludes halogenated alkanes) is 15. The smallest absolute Gasteiger partial charge is 0.300 e. The van der Waals surface area contributed by atoms with Gasteiger partial charge >= 0.3 is 0 Å². The summed E-state index contributed by atoms with van der Waals surface area (Å²) in [6.45, 7) is 4.25. The third kappa shape index (κ3) is 37.5. The zero-order valence-corrected chi connectivity index (χ0v) is 16.7. The second kappa shape index (κ2) is 27.2.